The van der Waals surface area contributed by atoms with Crippen molar-refractivity contribution in [1.29, 1.82) is 0 Å². The molecule has 1 saturated carbocycles. The number of benzene rings is 1. The second-order valence-electron chi connectivity index (χ2n) is 5.32. The van der Waals surface area contributed by atoms with E-state index in [0.29, 0.717) is 0 Å². The SMILES string of the molecule is Cc1ccsc1C(NN)c1ccccc1C1CCC1. The molecule has 100 valence electrons. The highest BCUT2D eigenvalue weighted by molar-refractivity contribution is 7.10. The van der Waals surface area contributed by atoms with E-state index in [1.54, 1.807) is 11.3 Å². The number of nitrogens with one attached hydrogen (secondary N) is 1. The molecule has 1 atom stereocenters. The predicted molar refractivity (Wildman–Crippen MR) is 81.3 cm³/mol. The topological polar surface area (TPSA) is 38.0 Å². The highest BCUT2D eigenvalue weighted by Crippen LogP contribution is 2.41. The van der Waals surface area contributed by atoms with Gasteiger partial charge in [0.2, 0.25) is 0 Å². The van der Waals surface area contributed by atoms with Gasteiger partial charge in [-0.05, 0) is 53.8 Å². The van der Waals surface area contributed by atoms with Crippen LogP contribution in [0.15, 0.2) is 35.7 Å². The first kappa shape index (κ1) is 12.9. The number of thiophene rings is 1. The molecule has 0 aliphatic heterocycles. The summed E-state index contributed by atoms with van der Waals surface area (Å²) in [6.45, 7) is 2.15. The first-order chi connectivity index (χ1) is 9.31. The van der Waals surface area contributed by atoms with Crippen LogP contribution in [0.25, 0.3) is 0 Å². The minimum Gasteiger partial charge on any atom is -0.271 e. The van der Waals surface area contributed by atoms with Gasteiger partial charge in [-0.15, -0.1) is 11.3 Å². The van der Waals surface area contributed by atoms with Gasteiger partial charge in [-0.1, -0.05) is 30.7 Å². The van der Waals surface area contributed by atoms with Crippen LogP contribution in [0, 0.1) is 6.92 Å². The molecule has 1 aliphatic carbocycles. The molecule has 3 rings (SSSR count). The second-order valence-corrected chi connectivity index (χ2v) is 6.27. The van der Waals surface area contributed by atoms with Crippen LogP contribution in [-0.4, -0.2) is 0 Å². The average Bonchev–Trinajstić information content (AvgIpc) is 2.77. The molecule has 1 fully saturated rings. The molecule has 0 amide bonds. The van der Waals surface area contributed by atoms with E-state index in [-0.39, 0.29) is 6.04 Å². The van der Waals surface area contributed by atoms with E-state index in [2.05, 4.69) is 48.1 Å². The third kappa shape index (κ3) is 2.34. The quantitative estimate of drug-likeness (QED) is 0.655. The smallest absolute Gasteiger partial charge is 0.0807 e. The molecule has 3 heteroatoms. The van der Waals surface area contributed by atoms with Crippen molar-refractivity contribution in [3.63, 3.8) is 0 Å². The summed E-state index contributed by atoms with van der Waals surface area (Å²) in [4.78, 5) is 1.33. The number of aryl methyl sites for hydroxylation is 1. The lowest BCUT2D eigenvalue weighted by Crippen LogP contribution is -2.30. The fourth-order valence-corrected chi connectivity index (χ4v) is 3.86. The predicted octanol–water partition coefficient (Wildman–Crippen LogP) is 3.88. The van der Waals surface area contributed by atoms with Gasteiger partial charge in [-0.3, -0.25) is 5.84 Å². The Balaban J connectivity index is 2.02. The van der Waals surface area contributed by atoms with Gasteiger partial charge in [0.15, 0.2) is 0 Å². The van der Waals surface area contributed by atoms with E-state index in [0.717, 1.165) is 5.92 Å². The lowest BCUT2D eigenvalue weighted by Gasteiger charge is -2.30. The van der Waals surface area contributed by atoms with Crippen LogP contribution in [0.2, 0.25) is 0 Å². The van der Waals surface area contributed by atoms with Crippen molar-refractivity contribution in [3.05, 3.63) is 57.3 Å². The molecule has 1 aromatic carbocycles. The van der Waals surface area contributed by atoms with Gasteiger partial charge in [-0.2, -0.15) is 0 Å². The lowest BCUT2D eigenvalue weighted by atomic mass is 9.77. The highest BCUT2D eigenvalue weighted by Gasteiger charge is 2.26. The summed E-state index contributed by atoms with van der Waals surface area (Å²) in [5, 5.41) is 2.14. The Morgan fingerprint density at radius 2 is 2.05 bits per heavy atom. The maximum absolute atomic E-state index is 5.85. The van der Waals surface area contributed by atoms with Crippen LogP contribution in [0.3, 0.4) is 0 Å². The molecule has 1 unspecified atom stereocenters. The van der Waals surface area contributed by atoms with Gasteiger partial charge < -0.3 is 0 Å². The number of hydrogen-bond acceptors (Lipinski definition) is 3. The van der Waals surface area contributed by atoms with Crippen molar-refractivity contribution in [1.82, 2.24) is 5.43 Å². The first-order valence-electron chi connectivity index (χ1n) is 6.90. The third-order valence-electron chi connectivity index (χ3n) is 4.18. The van der Waals surface area contributed by atoms with Crippen LogP contribution in [0.4, 0.5) is 0 Å². The van der Waals surface area contributed by atoms with Crippen LogP contribution >= 0.6 is 11.3 Å². The molecule has 0 radical (unpaired) electrons. The molecule has 2 nitrogen and oxygen atoms in total. The number of rotatable bonds is 4. The van der Waals surface area contributed by atoms with Gasteiger partial charge in [0, 0.05) is 4.88 Å². The van der Waals surface area contributed by atoms with Crippen LogP contribution in [-0.2, 0) is 0 Å². The number of hydrogen-bond donors (Lipinski definition) is 2. The van der Waals surface area contributed by atoms with Crippen molar-refractivity contribution >= 4 is 11.3 Å². The Labute approximate surface area is 118 Å². The van der Waals surface area contributed by atoms with Crippen LogP contribution in [0.5, 0.6) is 0 Å². The molecule has 19 heavy (non-hydrogen) atoms. The second kappa shape index (κ2) is 5.45. The van der Waals surface area contributed by atoms with Crippen molar-refractivity contribution in [2.75, 3.05) is 0 Å². The summed E-state index contributed by atoms with van der Waals surface area (Å²) in [6, 6.07) is 11.0. The van der Waals surface area contributed by atoms with Crippen LogP contribution in [0.1, 0.15) is 52.8 Å². The average molecular weight is 272 g/mol. The zero-order valence-electron chi connectivity index (χ0n) is 11.2. The zero-order chi connectivity index (χ0) is 13.2. The molecule has 0 spiro atoms. The van der Waals surface area contributed by atoms with E-state index >= 15 is 0 Å². The van der Waals surface area contributed by atoms with Gasteiger partial charge in [0.25, 0.3) is 0 Å². The Morgan fingerprint density at radius 1 is 1.26 bits per heavy atom. The van der Waals surface area contributed by atoms with Gasteiger partial charge in [-0.25, -0.2) is 5.43 Å². The maximum Gasteiger partial charge on any atom is 0.0807 e. The summed E-state index contributed by atoms with van der Waals surface area (Å²) in [6.07, 6.45) is 3.99. The Morgan fingerprint density at radius 3 is 2.63 bits per heavy atom. The lowest BCUT2D eigenvalue weighted by molar-refractivity contribution is 0.414. The maximum atomic E-state index is 5.85. The minimum absolute atomic E-state index is 0.122. The normalized spacial score (nSPS) is 17.2. The fourth-order valence-electron chi connectivity index (χ4n) is 2.85. The summed E-state index contributed by atoms with van der Waals surface area (Å²) in [5.74, 6) is 6.58. The monoisotopic (exact) mass is 272 g/mol. The molecule has 2 aromatic rings. The van der Waals surface area contributed by atoms with Crippen molar-refractivity contribution in [2.24, 2.45) is 5.84 Å². The van der Waals surface area contributed by atoms with Gasteiger partial charge in [0.1, 0.15) is 0 Å². The fraction of sp³-hybridized carbons (Fsp3) is 0.375. The number of hydrazine groups is 1. The van der Waals surface area contributed by atoms with E-state index in [1.807, 2.05) is 0 Å². The molecular weight excluding hydrogens is 252 g/mol. The van der Waals surface area contributed by atoms with Crippen molar-refractivity contribution < 1.29 is 0 Å². The van der Waals surface area contributed by atoms with Crippen molar-refractivity contribution in [2.45, 2.75) is 38.1 Å². The first-order valence-corrected chi connectivity index (χ1v) is 7.78. The molecule has 0 bridgehead atoms. The minimum atomic E-state index is 0.122. The molecule has 0 saturated heterocycles. The molecule has 1 heterocycles. The summed E-state index contributed by atoms with van der Waals surface area (Å²) in [7, 11) is 0. The van der Waals surface area contributed by atoms with Crippen molar-refractivity contribution in [3.8, 4) is 0 Å². The van der Waals surface area contributed by atoms with E-state index in [4.69, 9.17) is 5.84 Å². The van der Waals surface area contributed by atoms with E-state index in [1.165, 1.54) is 40.8 Å². The number of nitrogens with two attached hydrogens (primary N) is 1. The summed E-state index contributed by atoms with van der Waals surface area (Å²) >= 11 is 1.78. The highest BCUT2D eigenvalue weighted by atomic mass is 32.1. The van der Waals surface area contributed by atoms with E-state index in [9.17, 15) is 0 Å². The standard InChI is InChI=1S/C16H20N2S/c1-11-9-10-19-16(11)15(18-17)14-8-3-2-7-13(14)12-5-4-6-12/h2-3,7-10,12,15,18H,4-6,17H2,1H3. The summed E-state index contributed by atoms with van der Waals surface area (Å²) in [5.41, 5.74) is 7.16. The Kier molecular flexibility index (Phi) is 3.69. The third-order valence-corrected chi connectivity index (χ3v) is 5.27. The summed E-state index contributed by atoms with van der Waals surface area (Å²) < 4.78 is 0. The molecule has 1 aromatic heterocycles. The molecular formula is C16H20N2S. The Hall–Kier alpha value is -1.16. The Bertz CT molecular complexity index is 557. The van der Waals surface area contributed by atoms with Gasteiger partial charge >= 0.3 is 0 Å². The molecule has 3 N–H and O–H groups in total. The van der Waals surface area contributed by atoms with E-state index < -0.39 is 0 Å². The zero-order valence-corrected chi connectivity index (χ0v) is 12.0. The molecule has 1 aliphatic rings. The van der Waals surface area contributed by atoms with Crippen LogP contribution < -0.4 is 11.3 Å². The largest absolute Gasteiger partial charge is 0.271 e. The van der Waals surface area contributed by atoms with Gasteiger partial charge in [0.05, 0.1) is 6.04 Å².